The maximum absolute atomic E-state index is 12.7. The van der Waals surface area contributed by atoms with Crippen LogP contribution in [0.2, 0.25) is 0 Å². The first-order valence-corrected chi connectivity index (χ1v) is 19.4. The zero-order valence-electron chi connectivity index (χ0n) is 32.0. The summed E-state index contributed by atoms with van der Waals surface area (Å²) < 4.78 is 32.6. The van der Waals surface area contributed by atoms with Crippen LogP contribution in [0, 0.1) is 0 Å². The minimum atomic E-state index is -2.43. The molecule has 8 atom stereocenters. The fourth-order valence-corrected chi connectivity index (χ4v) is 9.70. The molecule has 4 bridgehead atoms. The first-order valence-electron chi connectivity index (χ1n) is 19.4. The van der Waals surface area contributed by atoms with Crippen LogP contribution in [0.25, 0.3) is 0 Å². The Hall–Kier alpha value is -7.80. The fourth-order valence-electron chi connectivity index (χ4n) is 9.70. The first kappa shape index (κ1) is 38.1. The third-order valence-corrected chi connectivity index (χ3v) is 12.5. The van der Waals surface area contributed by atoms with Crippen LogP contribution < -0.4 is 23.7 Å². The molecule has 0 unspecified atom stereocenters. The lowest BCUT2D eigenvalue weighted by molar-refractivity contribution is -0.227. The van der Waals surface area contributed by atoms with Gasteiger partial charge in [0.05, 0.1) is 17.9 Å². The number of hydrogen-bond donors (Lipinski definition) is 13. The van der Waals surface area contributed by atoms with Crippen LogP contribution in [0.4, 0.5) is 0 Å². The molecule has 0 saturated heterocycles. The normalized spacial score (nSPS) is 26.7. The summed E-state index contributed by atoms with van der Waals surface area (Å²) in [5.74, 6) is -13.8. The summed E-state index contributed by atoms with van der Waals surface area (Å²) in [6, 6.07) is 15.2. The van der Waals surface area contributed by atoms with Crippen molar-refractivity contribution < 1.29 is 90.1 Å². The predicted molar refractivity (Wildman–Crippen MR) is 210 cm³/mol. The zero-order chi connectivity index (χ0) is 44.2. The van der Waals surface area contributed by atoms with E-state index in [1.54, 1.807) is 0 Å². The van der Waals surface area contributed by atoms with Crippen molar-refractivity contribution in [3.8, 4) is 86.2 Å². The van der Waals surface area contributed by atoms with Gasteiger partial charge in [-0.1, -0.05) is 6.07 Å². The molecular weight excluding hydrogens is 828 g/mol. The number of aliphatic hydroxyl groups excluding tert-OH is 3. The van der Waals surface area contributed by atoms with Gasteiger partial charge in [0.2, 0.25) is 0 Å². The maximum atomic E-state index is 12.7. The molecule has 0 radical (unpaired) electrons. The van der Waals surface area contributed by atoms with Gasteiger partial charge in [0.25, 0.3) is 0 Å². The van der Waals surface area contributed by atoms with Gasteiger partial charge in [-0.25, -0.2) is 0 Å². The highest BCUT2D eigenvalue weighted by Gasteiger charge is 2.64. The largest absolute Gasteiger partial charge is 0.508 e. The highest BCUT2D eigenvalue weighted by Crippen LogP contribution is 2.67. The topological polar surface area (TPSA) is 309 Å². The molecule has 5 heterocycles. The van der Waals surface area contributed by atoms with E-state index >= 15 is 0 Å². The second kappa shape index (κ2) is 12.6. The van der Waals surface area contributed by atoms with Crippen LogP contribution in [-0.2, 0) is 18.0 Å². The van der Waals surface area contributed by atoms with Gasteiger partial charge in [-0.15, -0.1) is 0 Å². The third kappa shape index (κ3) is 5.04. The smallest absolute Gasteiger partial charge is 0.305 e. The number of hydrogen-bond acceptors (Lipinski definition) is 18. The van der Waals surface area contributed by atoms with Crippen molar-refractivity contribution in [3.63, 3.8) is 0 Å². The Morgan fingerprint density at radius 2 is 0.921 bits per heavy atom. The molecule has 6 aromatic carbocycles. The van der Waals surface area contributed by atoms with Crippen LogP contribution in [0.5, 0.6) is 86.2 Å². The number of aromatic hydroxyl groups is 10. The van der Waals surface area contributed by atoms with Crippen LogP contribution in [0.15, 0.2) is 78.9 Å². The van der Waals surface area contributed by atoms with E-state index in [2.05, 4.69) is 0 Å². The highest BCUT2D eigenvalue weighted by molar-refractivity contribution is 5.73. The van der Waals surface area contributed by atoms with Crippen molar-refractivity contribution in [2.45, 2.75) is 54.2 Å². The Bertz CT molecular complexity index is 2990. The van der Waals surface area contributed by atoms with Crippen molar-refractivity contribution in [1.82, 2.24) is 0 Å². The molecule has 0 fully saturated rings. The second-order valence-electron chi connectivity index (χ2n) is 16.1. The fraction of sp³-hybridized carbons (Fsp3) is 0.200. The van der Waals surface area contributed by atoms with E-state index in [0.29, 0.717) is 0 Å². The SMILES string of the molecule is Oc1cc(O)c2c(c1)O[C@@]1(c3ccc(O)c(O)c3)Oc3cc(O)c4c(c3[C@@H]2[C@H]1O)O[C@@]1(c2ccc(O)c(O)c2)Oc2cc(O)c3c(c2[C@@H]4[C@H]1O)O[C@H](c1ccc(O)c(O)c1)[C@H](O)C3. The minimum absolute atomic E-state index is 0.0277. The van der Waals surface area contributed by atoms with Gasteiger partial charge in [-0.05, 0) is 54.1 Å². The number of aliphatic hydroxyl groups is 3. The van der Waals surface area contributed by atoms with Crippen LogP contribution in [0.3, 0.4) is 0 Å². The average molecular weight is 863 g/mol. The quantitative estimate of drug-likeness (QED) is 0.112. The van der Waals surface area contributed by atoms with E-state index in [1.165, 1.54) is 36.4 Å². The molecule has 18 nitrogen and oxygen atoms in total. The first-order chi connectivity index (χ1) is 30.0. The van der Waals surface area contributed by atoms with E-state index in [0.717, 1.165) is 42.5 Å². The van der Waals surface area contributed by atoms with Gasteiger partial charge in [-0.2, -0.15) is 0 Å². The van der Waals surface area contributed by atoms with Crippen molar-refractivity contribution in [3.05, 3.63) is 123 Å². The number of benzene rings is 6. The van der Waals surface area contributed by atoms with Crippen LogP contribution in [-0.4, -0.2) is 84.7 Å². The van der Waals surface area contributed by atoms with E-state index < -0.39 is 105 Å². The Morgan fingerprint density at radius 1 is 0.429 bits per heavy atom. The molecule has 13 N–H and O–H groups in total. The number of rotatable bonds is 3. The summed E-state index contributed by atoms with van der Waals surface area (Å²) in [6.07, 6.45) is -6.54. The standard InChI is InChI=1S/C45H34O18/c46-18-10-27(54)33-30(11-18)60-44(16-2-5-21(48)25(52)8-16)42(57)37(33)36-32(61-44)14-28(55)34-38-35-31(62-45(43(38)58,63-41(34)36)17-3-6-22(49)26(53)9-17)13-23(50)19-12-29(56)39(59-40(19)35)15-1-4-20(47)24(51)7-15/h1-11,13-14,29,37-39,42-43,46-58H,12H2/t29-,37-,38-,39-,42-,43-,44+,45-/m1/s1. The lowest BCUT2D eigenvalue weighted by Crippen LogP contribution is -2.59. The van der Waals surface area contributed by atoms with Gasteiger partial charge in [0, 0.05) is 69.6 Å². The van der Waals surface area contributed by atoms with Gasteiger partial charge in [0.1, 0.15) is 70.1 Å². The molecule has 5 aliphatic heterocycles. The van der Waals surface area contributed by atoms with Gasteiger partial charge >= 0.3 is 11.6 Å². The molecule has 18 heteroatoms. The van der Waals surface area contributed by atoms with Crippen molar-refractivity contribution >= 4 is 0 Å². The summed E-state index contributed by atoms with van der Waals surface area (Å²) in [5.41, 5.74) is -0.123. The zero-order valence-corrected chi connectivity index (χ0v) is 32.0. The van der Waals surface area contributed by atoms with Crippen molar-refractivity contribution in [2.75, 3.05) is 0 Å². The number of phenols is 10. The average Bonchev–Trinajstić information content (AvgIpc) is 3.22. The molecule has 6 aromatic rings. The lowest BCUT2D eigenvalue weighted by atomic mass is 9.70. The van der Waals surface area contributed by atoms with Gasteiger partial charge in [0.15, 0.2) is 34.5 Å². The number of ether oxygens (including phenoxy) is 5. The van der Waals surface area contributed by atoms with E-state index in [-0.39, 0.29) is 79.7 Å². The Balaban J connectivity index is 1.20. The molecule has 0 amide bonds. The molecule has 0 aliphatic carbocycles. The Morgan fingerprint density at radius 3 is 1.51 bits per heavy atom. The van der Waals surface area contributed by atoms with Crippen LogP contribution in [0.1, 0.15) is 62.4 Å². The summed E-state index contributed by atoms with van der Waals surface area (Å²) in [7, 11) is 0. The molecule has 0 aromatic heterocycles. The van der Waals surface area contributed by atoms with E-state index in [4.69, 9.17) is 23.7 Å². The summed E-state index contributed by atoms with van der Waals surface area (Å²) in [5, 5.41) is 145. The highest BCUT2D eigenvalue weighted by atomic mass is 16.7. The van der Waals surface area contributed by atoms with Crippen molar-refractivity contribution in [1.29, 1.82) is 0 Å². The molecule has 0 saturated carbocycles. The molecule has 11 rings (SSSR count). The number of phenolic OH excluding ortho intramolecular Hbond substituents is 10. The van der Waals surface area contributed by atoms with Crippen molar-refractivity contribution in [2.24, 2.45) is 0 Å². The summed E-state index contributed by atoms with van der Waals surface area (Å²) in [6.45, 7) is 0. The molecule has 0 spiro atoms. The van der Waals surface area contributed by atoms with Crippen LogP contribution >= 0.6 is 0 Å². The monoisotopic (exact) mass is 862 g/mol. The third-order valence-electron chi connectivity index (χ3n) is 12.5. The molecule has 63 heavy (non-hydrogen) atoms. The molecule has 5 aliphatic rings. The molecular formula is C45H34O18. The van der Waals surface area contributed by atoms with Gasteiger partial charge < -0.3 is 90.1 Å². The predicted octanol–water partition coefficient (Wildman–Crippen LogP) is 4.04. The molecule has 322 valence electrons. The lowest BCUT2D eigenvalue weighted by Gasteiger charge is -2.53. The summed E-state index contributed by atoms with van der Waals surface area (Å²) in [4.78, 5) is 0. The Labute approximate surface area is 353 Å². The van der Waals surface area contributed by atoms with E-state index in [9.17, 15) is 66.4 Å². The summed E-state index contributed by atoms with van der Waals surface area (Å²) >= 11 is 0. The van der Waals surface area contributed by atoms with E-state index in [1.807, 2.05) is 0 Å². The maximum Gasteiger partial charge on any atom is 0.305 e. The minimum Gasteiger partial charge on any atom is -0.508 e. The number of fused-ring (bicyclic) bond motifs is 15. The second-order valence-corrected chi connectivity index (χ2v) is 16.1. The van der Waals surface area contributed by atoms with Gasteiger partial charge in [-0.3, -0.25) is 0 Å². The Kier molecular flexibility index (Phi) is 7.65.